The second-order valence-corrected chi connectivity index (χ2v) is 15.7. The maximum Gasteiger partial charge on any atom is 0.323 e. The molecule has 2 aliphatic rings. The van der Waals surface area contributed by atoms with Crippen LogP contribution in [0.15, 0.2) is 82.9 Å². The van der Waals surface area contributed by atoms with Crippen molar-refractivity contribution in [2.24, 2.45) is 23.3 Å². The number of carbonyl (C=O) groups excluding carboxylic acids is 6. The van der Waals surface area contributed by atoms with Crippen LogP contribution < -0.4 is 38.8 Å². The van der Waals surface area contributed by atoms with Crippen LogP contribution in [0.4, 0.5) is 15.8 Å². The zero-order chi connectivity index (χ0) is 48.1. The number of primary amides is 2. The number of nitrogens with one attached hydrogen (secondary N) is 7. The molecule has 8 rings (SSSR count). The summed E-state index contributed by atoms with van der Waals surface area (Å²) >= 11 is 0. The molecule has 65 heavy (non-hydrogen) atoms. The number of nitrogens with two attached hydrogens (primary N) is 2. The number of imidazole rings is 2. The van der Waals surface area contributed by atoms with Crippen LogP contribution >= 0.6 is 0 Å². The summed E-state index contributed by atoms with van der Waals surface area (Å²) in [5.74, 6) is -3.22. The van der Waals surface area contributed by atoms with Gasteiger partial charge >= 0.3 is 23.2 Å². The third-order valence-corrected chi connectivity index (χ3v) is 10.7. The Morgan fingerprint density at radius 2 is 1.18 bits per heavy atom. The normalized spacial score (nSPS) is 18.0. The number of nitrogens with zero attached hydrogens (tertiary/aromatic N) is 3. The van der Waals surface area contributed by atoms with Gasteiger partial charge in [0.2, 0.25) is 17.6 Å². The fourth-order valence-corrected chi connectivity index (χ4v) is 7.35. The first-order valence-electron chi connectivity index (χ1n) is 21.1. The number of hydrogen-bond donors (Lipinski definition) is 9. The lowest BCUT2D eigenvalue weighted by atomic mass is 9.89. The van der Waals surface area contributed by atoms with Gasteiger partial charge in [0.1, 0.15) is 0 Å². The van der Waals surface area contributed by atoms with Gasteiger partial charge < -0.3 is 52.3 Å². The van der Waals surface area contributed by atoms with Crippen molar-refractivity contribution in [2.75, 3.05) is 30.9 Å². The highest BCUT2D eigenvalue weighted by Crippen LogP contribution is 2.34. The molecular formula is C44H51FN12O8. The van der Waals surface area contributed by atoms with E-state index >= 15 is 0 Å². The molecule has 2 fully saturated rings. The summed E-state index contributed by atoms with van der Waals surface area (Å²) in [6, 6.07) is 14.4. The van der Waals surface area contributed by atoms with E-state index in [1.165, 1.54) is 55.3 Å². The highest BCUT2D eigenvalue weighted by atomic mass is 19.1. The average molecular weight is 896 g/mol. The molecular weight excluding hydrogens is 844 g/mol. The Morgan fingerprint density at radius 3 is 1.69 bits per heavy atom. The highest BCUT2D eigenvalue weighted by molar-refractivity contribution is 6.40. The summed E-state index contributed by atoms with van der Waals surface area (Å²) in [4.78, 5) is 112. The first-order valence-corrected chi connectivity index (χ1v) is 20.4. The van der Waals surface area contributed by atoms with E-state index < -0.39 is 42.5 Å². The molecule has 2 saturated heterocycles. The zero-order valence-electron chi connectivity index (χ0n) is 36.8. The standard InChI is InChI=1S/C21H22N6O4.C13H17N3O.C9H9N3O3.CH3F/c1-11-2-5-17(12-3-4-15-16(7-12)26-21(31)25-15)27(10-11)20(30)19(29)24-14-6-13(18(22)28)8-23-9-14;1-8-2-4-10(14-7-8)9-3-5-11-12(6-9)16-13(17)15-11;1-5(13)9(15)12-7-2-6(8(10)14)3-11-4-7;1-2/h3-4,6-9,11,17H,2,5,10H2,1H3,(H2,22,28)(H,24,29)(H2,25,26,31);3,5-6,8,10,14H,2,4,7H2,1H3,(H2,15,16,17);2-4H,1H3,(H2,10,14)(H,12,15);1H3/t11-,17?;;;/m1.../s1/i;;;1D. The molecule has 0 bridgehead atoms. The number of pyridine rings is 2. The lowest BCUT2D eigenvalue weighted by Crippen LogP contribution is -2.46. The van der Waals surface area contributed by atoms with Gasteiger partial charge in [0.05, 0.1) is 71.5 Å². The molecule has 6 aromatic rings. The lowest BCUT2D eigenvalue weighted by Gasteiger charge is -2.38. The molecule has 0 spiro atoms. The van der Waals surface area contributed by atoms with E-state index in [1.54, 1.807) is 11.0 Å². The minimum atomic E-state index is -1.00. The molecule has 5 amide bonds. The van der Waals surface area contributed by atoms with Gasteiger partial charge in [-0.25, -0.2) is 9.59 Å². The fraction of sp³-hybridized carbons (Fsp3) is 0.318. The van der Waals surface area contributed by atoms with Gasteiger partial charge in [-0.3, -0.25) is 43.1 Å². The van der Waals surface area contributed by atoms with E-state index in [-0.39, 0.29) is 45.8 Å². The van der Waals surface area contributed by atoms with E-state index in [2.05, 4.69) is 64.9 Å². The molecule has 11 N–H and O–H groups in total. The number of ketones is 1. The number of anilines is 2. The van der Waals surface area contributed by atoms with Crippen LogP contribution in [-0.4, -0.2) is 90.4 Å². The van der Waals surface area contributed by atoms with Crippen LogP contribution in [0.5, 0.6) is 0 Å². The molecule has 4 atom stereocenters. The highest BCUT2D eigenvalue weighted by Gasteiger charge is 2.34. The molecule has 6 heterocycles. The lowest BCUT2D eigenvalue weighted by molar-refractivity contribution is -0.146. The van der Waals surface area contributed by atoms with E-state index in [0.29, 0.717) is 30.0 Å². The molecule has 0 saturated carbocycles. The molecule has 21 heteroatoms. The van der Waals surface area contributed by atoms with E-state index in [4.69, 9.17) is 12.8 Å². The Labute approximate surface area is 372 Å². The maximum absolute atomic E-state index is 13.1. The van der Waals surface area contributed by atoms with E-state index in [9.17, 15) is 42.7 Å². The van der Waals surface area contributed by atoms with Crippen molar-refractivity contribution >= 4 is 68.8 Å². The monoisotopic (exact) mass is 895 g/mol. The number of aromatic amines is 4. The molecule has 4 aromatic heterocycles. The fourth-order valence-electron chi connectivity index (χ4n) is 7.35. The minimum absolute atomic E-state index is 0.128. The van der Waals surface area contributed by atoms with Crippen LogP contribution in [0, 0.1) is 11.8 Å². The predicted octanol–water partition coefficient (Wildman–Crippen LogP) is 3.50. The van der Waals surface area contributed by atoms with Gasteiger partial charge in [-0.1, -0.05) is 26.0 Å². The second-order valence-electron chi connectivity index (χ2n) is 15.7. The van der Waals surface area contributed by atoms with Gasteiger partial charge in [0.15, 0.2) is 0 Å². The quantitative estimate of drug-likeness (QED) is 0.104. The van der Waals surface area contributed by atoms with Crippen molar-refractivity contribution in [3.63, 3.8) is 0 Å². The number of piperidine rings is 2. The summed E-state index contributed by atoms with van der Waals surface area (Å²) in [6.07, 6.45) is 9.23. The number of carbonyl (C=O) groups is 6. The number of fused-ring (bicyclic) bond motifs is 2. The summed E-state index contributed by atoms with van der Waals surface area (Å²) in [7, 11) is -1.00. The van der Waals surface area contributed by atoms with E-state index in [0.717, 1.165) is 42.4 Å². The van der Waals surface area contributed by atoms with Crippen molar-refractivity contribution in [1.82, 2.24) is 40.1 Å². The van der Waals surface area contributed by atoms with E-state index in [1.807, 2.05) is 25.1 Å². The number of amides is 5. The SMILES string of the molecule is CC(=O)C(=O)Nc1cncc(C(N)=O)c1.CC1CCC(c2ccc3[nH]c(=O)[nH]c3c2)NC1.C[C@@H]1CCC(c2ccc3[nH]c(=O)[nH]c3c2)N(C(=O)C(=O)Nc2cncc(C(N)=O)c2)C1.[2H]CF. The molecule has 0 radical (unpaired) electrons. The Morgan fingerprint density at radius 1 is 0.692 bits per heavy atom. The van der Waals surface area contributed by atoms with Crippen molar-refractivity contribution in [1.29, 1.82) is 0 Å². The van der Waals surface area contributed by atoms with Crippen LogP contribution in [0.2, 0.25) is 0 Å². The number of halogens is 1. The van der Waals surface area contributed by atoms with Crippen molar-refractivity contribution < 1.29 is 34.5 Å². The molecule has 2 aromatic carbocycles. The van der Waals surface area contributed by atoms with Crippen LogP contribution in [-0.2, 0) is 19.2 Å². The first kappa shape index (κ1) is 46.7. The zero-order valence-corrected chi connectivity index (χ0v) is 35.8. The Hall–Kier alpha value is -7.81. The average Bonchev–Trinajstić information content (AvgIpc) is 3.86. The predicted molar refractivity (Wildman–Crippen MR) is 240 cm³/mol. The third-order valence-electron chi connectivity index (χ3n) is 10.7. The molecule has 2 aliphatic heterocycles. The van der Waals surface area contributed by atoms with Crippen molar-refractivity contribution in [2.45, 2.75) is 58.5 Å². The number of H-pyrrole nitrogens is 4. The first-order chi connectivity index (χ1) is 31.5. The van der Waals surface area contributed by atoms with Crippen molar-refractivity contribution in [3.05, 3.63) is 117 Å². The number of alkyl halides is 1. The number of aromatic nitrogens is 6. The maximum atomic E-state index is 13.1. The van der Waals surface area contributed by atoms with Gasteiger partial charge in [-0.2, -0.15) is 0 Å². The number of rotatable bonds is 7. The van der Waals surface area contributed by atoms with Crippen molar-refractivity contribution in [3.8, 4) is 0 Å². The summed E-state index contributed by atoms with van der Waals surface area (Å²) in [5.41, 5.74) is 15.8. The second kappa shape index (κ2) is 22.0. The number of Topliss-reactive ketones (excluding diaryl/α,β-unsaturated/α-hetero) is 1. The van der Waals surface area contributed by atoms with Gasteiger partial charge in [0, 0.05) is 31.9 Å². The molecule has 0 aliphatic carbocycles. The Kier molecular flexibility index (Phi) is 15.8. The topological polar surface area (TPSA) is 317 Å². The molecule has 20 nitrogen and oxygen atoms in total. The smallest absolute Gasteiger partial charge is 0.323 e. The van der Waals surface area contributed by atoms with Crippen LogP contribution in [0.25, 0.3) is 22.1 Å². The Balaban J connectivity index is 0.000000197. The number of hydrogen-bond acceptors (Lipinski definition) is 11. The largest absolute Gasteiger partial charge is 0.366 e. The molecule has 3 unspecified atom stereocenters. The Bertz CT molecular complexity index is 2830. The van der Waals surface area contributed by atoms with Crippen LogP contribution in [0.1, 0.15) is 91.8 Å². The number of likely N-dealkylation sites (tertiary alicyclic amines) is 1. The van der Waals surface area contributed by atoms with Gasteiger partial charge in [-0.15, -0.1) is 0 Å². The third kappa shape index (κ3) is 12.9. The van der Waals surface area contributed by atoms with Gasteiger partial charge in [0.25, 0.3) is 5.91 Å². The summed E-state index contributed by atoms with van der Waals surface area (Å²) in [6.45, 7) is 6.95. The minimum Gasteiger partial charge on any atom is -0.366 e. The van der Waals surface area contributed by atoms with Crippen LogP contribution in [0.3, 0.4) is 0 Å². The number of benzene rings is 2. The summed E-state index contributed by atoms with van der Waals surface area (Å²) < 4.78 is 15.5. The molecule has 342 valence electrons. The summed E-state index contributed by atoms with van der Waals surface area (Å²) in [5, 5.41) is 8.33. The van der Waals surface area contributed by atoms with Gasteiger partial charge in [-0.05, 0) is 91.6 Å².